The number of carbonyl (C=O) groups excluding carboxylic acids is 2. The summed E-state index contributed by atoms with van der Waals surface area (Å²) in [5, 5.41) is 21.8. The number of rotatable bonds is 6. The van der Waals surface area contributed by atoms with Crippen LogP contribution < -0.4 is 4.74 Å². The number of aryl methyl sites for hydroxylation is 2. The molecule has 7 heteroatoms. The van der Waals surface area contributed by atoms with E-state index in [2.05, 4.69) is 0 Å². The first-order valence-corrected chi connectivity index (χ1v) is 11.6. The van der Waals surface area contributed by atoms with Crippen LogP contribution in [0.2, 0.25) is 5.02 Å². The van der Waals surface area contributed by atoms with Gasteiger partial charge in [0.15, 0.2) is 11.5 Å². The van der Waals surface area contributed by atoms with E-state index in [0.717, 1.165) is 16.7 Å². The standard InChI is InChI=1S/C28H26ClNO5/c1-4-35-23-14-18(10-11-22(23)31)25-24(26(32)19-6-5-7-21(29)13-19)27(33)28(34)30(25)15-20-12-16(2)8-9-17(20)3/h5-14,25,31-32H,4,15H2,1-3H3/b26-24-. The summed E-state index contributed by atoms with van der Waals surface area (Å²) in [6.45, 7) is 6.18. The molecule has 35 heavy (non-hydrogen) atoms. The molecule has 1 saturated heterocycles. The van der Waals surface area contributed by atoms with Crippen molar-refractivity contribution in [2.75, 3.05) is 6.61 Å². The Hall–Kier alpha value is -3.77. The molecule has 0 spiro atoms. The summed E-state index contributed by atoms with van der Waals surface area (Å²) < 4.78 is 5.54. The Balaban J connectivity index is 1.91. The van der Waals surface area contributed by atoms with Crippen LogP contribution >= 0.6 is 11.6 Å². The third kappa shape index (κ3) is 4.75. The Morgan fingerprint density at radius 2 is 1.83 bits per heavy atom. The lowest BCUT2D eigenvalue weighted by Crippen LogP contribution is -2.29. The van der Waals surface area contributed by atoms with Gasteiger partial charge in [0.1, 0.15) is 5.76 Å². The molecule has 180 valence electrons. The number of nitrogens with zero attached hydrogens (tertiary/aromatic N) is 1. The van der Waals surface area contributed by atoms with Crippen molar-refractivity contribution < 1.29 is 24.5 Å². The highest BCUT2D eigenvalue weighted by Gasteiger charge is 2.46. The van der Waals surface area contributed by atoms with Gasteiger partial charge in [0, 0.05) is 17.1 Å². The largest absolute Gasteiger partial charge is 0.507 e. The van der Waals surface area contributed by atoms with E-state index >= 15 is 0 Å². The van der Waals surface area contributed by atoms with Gasteiger partial charge in [0.2, 0.25) is 0 Å². The number of amides is 1. The lowest BCUT2D eigenvalue weighted by molar-refractivity contribution is -0.140. The van der Waals surface area contributed by atoms with Crippen molar-refractivity contribution in [3.05, 3.63) is 99.1 Å². The predicted octanol–water partition coefficient (Wildman–Crippen LogP) is 5.68. The quantitative estimate of drug-likeness (QED) is 0.263. The fourth-order valence-corrected chi connectivity index (χ4v) is 4.50. The molecule has 1 amide bonds. The number of carbonyl (C=O) groups is 2. The highest BCUT2D eigenvalue weighted by Crippen LogP contribution is 2.43. The molecule has 0 saturated carbocycles. The minimum atomic E-state index is -0.895. The van der Waals surface area contributed by atoms with E-state index in [4.69, 9.17) is 16.3 Å². The van der Waals surface area contributed by atoms with Gasteiger partial charge in [0.25, 0.3) is 11.7 Å². The molecule has 4 rings (SSSR count). The number of aliphatic hydroxyl groups excluding tert-OH is 1. The number of aliphatic hydroxyl groups is 1. The van der Waals surface area contributed by atoms with Crippen LogP contribution in [0.5, 0.6) is 11.5 Å². The Morgan fingerprint density at radius 3 is 2.54 bits per heavy atom. The van der Waals surface area contributed by atoms with Crippen LogP contribution in [-0.4, -0.2) is 33.4 Å². The molecule has 3 aromatic rings. The van der Waals surface area contributed by atoms with Crippen molar-refractivity contribution in [1.82, 2.24) is 4.90 Å². The summed E-state index contributed by atoms with van der Waals surface area (Å²) >= 11 is 6.11. The molecule has 2 N–H and O–H groups in total. The number of benzene rings is 3. The highest BCUT2D eigenvalue weighted by molar-refractivity contribution is 6.46. The number of phenolic OH excluding ortho intramolecular Hbond substituents is 1. The topological polar surface area (TPSA) is 87.1 Å². The molecule has 3 aromatic carbocycles. The Morgan fingerprint density at radius 1 is 1.06 bits per heavy atom. The Labute approximate surface area is 209 Å². The van der Waals surface area contributed by atoms with Crippen molar-refractivity contribution in [2.24, 2.45) is 0 Å². The Bertz CT molecular complexity index is 1350. The minimum Gasteiger partial charge on any atom is -0.507 e. The summed E-state index contributed by atoms with van der Waals surface area (Å²) in [5.74, 6) is -1.65. The molecule has 1 aliphatic rings. The van der Waals surface area contributed by atoms with Gasteiger partial charge in [-0.25, -0.2) is 0 Å². The summed E-state index contributed by atoms with van der Waals surface area (Å²) in [7, 11) is 0. The molecular weight excluding hydrogens is 466 g/mol. The number of aromatic hydroxyl groups is 1. The van der Waals surface area contributed by atoms with E-state index in [1.54, 1.807) is 37.3 Å². The third-order valence-corrected chi connectivity index (χ3v) is 6.32. The maximum absolute atomic E-state index is 13.3. The number of ether oxygens (including phenoxy) is 1. The van der Waals surface area contributed by atoms with Gasteiger partial charge in [-0.1, -0.05) is 53.6 Å². The number of halogens is 1. The third-order valence-electron chi connectivity index (χ3n) is 6.08. The zero-order chi connectivity index (χ0) is 25.3. The van der Waals surface area contributed by atoms with E-state index in [0.29, 0.717) is 22.8 Å². The number of Topliss-reactive ketones (excluding diaryl/α,β-unsaturated/α-hetero) is 1. The first-order valence-electron chi connectivity index (χ1n) is 11.3. The van der Waals surface area contributed by atoms with Crippen LogP contribution in [0.4, 0.5) is 0 Å². The molecule has 0 radical (unpaired) electrons. The average Bonchev–Trinajstić information content (AvgIpc) is 3.07. The molecule has 1 aliphatic heterocycles. The molecule has 0 aromatic heterocycles. The summed E-state index contributed by atoms with van der Waals surface area (Å²) in [6.07, 6.45) is 0. The van der Waals surface area contributed by atoms with E-state index in [9.17, 15) is 19.8 Å². The van der Waals surface area contributed by atoms with Crippen LogP contribution in [0, 0.1) is 13.8 Å². The first-order chi connectivity index (χ1) is 16.7. The second-order valence-electron chi connectivity index (χ2n) is 8.53. The highest BCUT2D eigenvalue weighted by atomic mass is 35.5. The van der Waals surface area contributed by atoms with E-state index in [1.807, 2.05) is 32.0 Å². The van der Waals surface area contributed by atoms with Gasteiger partial charge in [-0.2, -0.15) is 0 Å². The SMILES string of the molecule is CCOc1cc(C2/C(=C(/O)c3cccc(Cl)c3)C(=O)C(=O)N2Cc2cc(C)ccc2C)ccc1O. The maximum Gasteiger partial charge on any atom is 0.295 e. The van der Waals surface area contributed by atoms with Gasteiger partial charge < -0.3 is 19.8 Å². The molecular formula is C28H26ClNO5. The molecule has 0 bridgehead atoms. The van der Waals surface area contributed by atoms with Gasteiger partial charge in [-0.05, 0) is 61.7 Å². The molecule has 6 nitrogen and oxygen atoms in total. The van der Waals surface area contributed by atoms with Crippen molar-refractivity contribution in [2.45, 2.75) is 33.4 Å². The fraction of sp³-hybridized carbons (Fsp3) is 0.214. The smallest absolute Gasteiger partial charge is 0.295 e. The predicted molar refractivity (Wildman–Crippen MR) is 134 cm³/mol. The van der Waals surface area contributed by atoms with Crippen LogP contribution in [0.25, 0.3) is 5.76 Å². The molecule has 1 fully saturated rings. The second kappa shape index (κ2) is 9.84. The first kappa shape index (κ1) is 24.4. The number of phenols is 1. The zero-order valence-electron chi connectivity index (χ0n) is 19.7. The monoisotopic (exact) mass is 491 g/mol. The van der Waals surface area contributed by atoms with Crippen molar-refractivity contribution in [3.63, 3.8) is 0 Å². The number of hydrogen-bond donors (Lipinski definition) is 2. The van der Waals surface area contributed by atoms with Crippen molar-refractivity contribution in [3.8, 4) is 11.5 Å². The van der Waals surface area contributed by atoms with Crippen molar-refractivity contribution in [1.29, 1.82) is 0 Å². The van der Waals surface area contributed by atoms with E-state index in [1.165, 1.54) is 17.0 Å². The lowest BCUT2D eigenvalue weighted by Gasteiger charge is -2.26. The number of ketones is 1. The van der Waals surface area contributed by atoms with E-state index in [-0.39, 0.29) is 29.4 Å². The molecule has 1 atom stereocenters. The number of likely N-dealkylation sites (tertiary alicyclic amines) is 1. The van der Waals surface area contributed by atoms with Crippen LogP contribution in [-0.2, 0) is 16.1 Å². The lowest BCUT2D eigenvalue weighted by atomic mass is 9.94. The molecule has 1 unspecified atom stereocenters. The van der Waals surface area contributed by atoms with Gasteiger partial charge in [0.05, 0.1) is 18.2 Å². The van der Waals surface area contributed by atoms with Crippen LogP contribution in [0.15, 0.2) is 66.2 Å². The Kier molecular flexibility index (Phi) is 6.85. The van der Waals surface area contributed by atoms with Gasteiger partial charge >= 0.3 is 0 Å². The maximum atomic E-state index is 13.3. The number of hydrogen-bond acceptors (Lipinski definition) is 5. The van der Waals surface area contributed by atoms with Crippen LogP contribution in [0.3, 0.4) is 0 Å². The summed E-state index contributed by atoms with van der Waals surface area (Å²) in [6, 6.07) is 16.2. The summed E-state index contributed by atoms with van der Waals surface area (Å²) in [4.78, 5) is 28.0. The zero-order valence-corrected chi connectivity index (χ0v) is 20.5. The van der Waals surface area contributed by atoms with Gasteiger partial charge in [-0.15, -0.1) is 0 Å². The minimum absolute atomic E-state index is 0.0456. The normalized spacial score (nSPS) is 17.1. The average molecular weight is 492 g/mol. The van der Waals surface area contributed by atoms with Crippen LogP contribution in [0.1, 0.15) is 40.8 Å². The van der Waals surface area contributed by atoms with Gasteiger partial charge in [-0.3, -0.25) is 9.59 Å². The fourth-order valence-electron chi connectivity index (χ4n) is 4.31. The molecule has 0 aliphatic carbocycles. The van der Waals surface area contributed by atoms with E-state index < -0.39 is 17.7 Å². The second-order valence-corrected chi connectivity index (χ2v) is 8.96. The molecule has 1 heterocycles. The van der Waals surface area contributed by atoms with Crippen molar-refractivity contribution >= 4 is 29.1 Å². The summed E-state index contributed by atoms with van der Waals surface area (Å²) in [5.41, 5.74) is 3.71.